The van der Waals surface area contributed by atoms with Gasteiger partial charge in [0.25, 0.3) is 0 Å². The Bertz CT molecular complexity index is 996. The summed E-state index contributed by atoms with van der Waals surface area (Å²) in [4.78, 5) is 13.0. The Morgan fingerprint density at radius 3 is 2.59 bits per heavy atom. The SMILES string of the molecule is CCCOc1ccc(F)c2c(=O)c(/C(C)=C/NC)cn(COP(=O)(OC)OC)c12. The van der Waals surface area contributed by atoms with Gasteiger partial charge in [0.15, 0.2) is 5.43 Å². The van der Waals surface area contributed by atoms with E-state index in [9.17, 15) is 13.8 Å². The topological polar surface area (TPSA) is 88.0 Å². The molecule has 2 aromatic rings. The van der Waals surface area contributed by atoms with Crippen molar-refractivity contribution in [2.45, 2.75) is 27.0 Å². The molecular formula is C19H26FN2O6P. The second-order valence-electron chi connectivity index (χ2n) is 6.15. The monoisotopic (exact) mass is 428 g/mol. The summed E-state index contributed by atoms with van der Waals surface area (Å²) in [6, 6.07) is 2.64. The van der Waals surface area contributed by atoms with Gasteiger partial charge in [0.2, 0.25) is 0 Å². The lowest BCUT2D eigenvalue weighted by molar-refractivity contribution is 0.122. The molecule has 1 heterocycles. The number of hydrogen-bond donors (Lipinski definition) is 1. The molecule has 8 nitrogen and oxygen atoms in total. The van der Waals surface area contributed by atoms with Crippen molar-refractivity contribution in [3.8, 4) is 5.75 Å². The first kappa shape index (κ1) is 23.1. The first-order chi connectivity index (χ1) is 13.8. The molecule has 1 aromatic carbocycles. The van der Waals surface area contributed by atoms with Crippen molar-refractivity contribution in [1.29, 1.82) is 0 Å². The average molecular weight is 428 g/mol. The quantitative estimate of drug-likeness (QED) is 0.575. The van der Waals surface area contributed by atoms with Crippen LogP contribution in [0.2, 0.25) is 0 Å². The standard InChI is InChI=1S/C19H26FN2O6P/c1-6-9-27-16-8-7-15(20)17-18(16)22(12-28-29(24,25-4)26-5)11-14(19(17)23)13(2)10-21-3/h7-8,10-11,21H,6,9,12H2,1-5H3/b13-10+. The molecule has 0 aliphatic rings. The van der Waals surface area contributed by atoms with Crippen molar-refractivity contribution in [1.82, 2.24) is 9.88 Å². The Hall–Kier alpha value is -2.19. The molecule has 0 fully saturated rings. The van der Waals surface area contributed by atoms with Gasteiger partial charge < -0.3 is 14.6 Å². The second kappa shape index (κ2) is 10.0. The van der Waals surface area contributed by atoms with Crippen LogP contribution in [0, 0.1) is 5.82 Å². The van der Waals surface area contributed by atoms with Gasteiger partial charge in [-0.15, -0.1) is 0 Å². The normalized spacial score (nSPS) is 12.4. The lowest BCUT2D eigenvalue weighted by Crippen LogP contribution is -2.18. The smallest absolute Gasteiger partial charge is 0.475 e. The van der Waals surface area contributed by atoms with Crippen LogP contribution in [0.25, 0.3) is 16.5 Å². The van der Waals surface area contributed by atoms with Crippen LogP contribution in [0.1, 0.15) is 25.8 Å². The minimum absolute atomic E-state index is 0.145. The third-order valence-corrected chi connectivity index (χ3v) is 5.51. The molecule has 10 heteroatoms. The van der Waals surface area contributed by atoms with E-state index in [1.807, 2.05) is 6.92 Å². The number of ether oxygens (including phenoxy) is 1. The number of allylic oxidation sites excluding steroid dienone is 1. The van der Waals surface area contributed by atoms with Gasteiger partial charge in [0.1, 0.15) is 18.3 Å². The Morgan fingerprint density at radius 2 is 2.00 bits per heavy atom. The molecule has 1 aromatic heterocycles. The molecule has 0 aliphatic heterocycles. The van der Waals surface area contributed by atoms with Crippen LogP contribution in [0.3, 0.4) is 0 Å². The number of aromatic nitrogens is 1. The van der Waals surface area contributed by atoms with Gasteiger partial charge in [0, 0.05) is 33.0 Å². The van der Waals surface area contributed by atoms with Crippen LogP contribution < -0.4 is 15.5 Å². The maximum Gasteiger partial charge on any atom is 0.475 e. The van der Waals surface area contributed by atoms with Crippen molar-refractivity contribution in [2.75, 3.05) is 27.9 Å². The summed E-state index contributed by atoms with van der Waals surface area (Å²) in [6.45, 7) is 3.71. The molecule has 0 amide bonds. The van der Waals surface area contributed by atoms with Gasteiger partial charge in [-0.3, -0.25) is 18.4 Å². The third-order valence-electron chi connectivity index (χ3n) is 4.18. The molecule has 0 saturated heterocycles. The summed E-state index contributed by atoms with van der Waals surface area (Å²) in [5, 5.41) is 2.70. The Labute approximate surface area is 168 Å². The molecule has 0 bridgehead atoms. The van der Waals surface area contributed by atoms with Gasteiger partial charge in [-0.05, 0) is 37.3 Å². The van der Waals surface area contributed by atoms with Crippen molar-refractivity contribution in [2.24, 2.45) is 0 Å². The molecule has 0 radical (unpaired) electrons. The summed E-state index contributed by atoms with van der Waals surface area (Å²) in [6.07, 6.45) is 3.85. The van der Waals surface area contributed by atoms with Crippen LogP contribution in [0.15, 0.2) is 29.3 Å². The zero-order valence-electron chi connectivity index (χ0n) is 17.2. The number of benzene rings is 1. The van der Waals surface area contributed by atoms with E-state index in [2.05, 4.69) is 5.32 Å². The number of nitrogens with zero attached hydrogens (tertiary/aromatic N) is 1. The molecule has 160 valence electrons. The average Bonchev–Trinajstić information content (AvgIpc) is 2.72. The number of phosphoric acid groups is 1. The number of hydrogen-bond acceptors (Lipinski definition) is 7. The third kappa shape index (κ3) is 5.05. The predicted octanol–water partition coefficient (Wildman–Crippen LogP) is 3.88. The molecule has 1 N–H and O–H groups in total. The van der Waals surface area contributed by atoms with E-state index in [0.29, 0.717) is 17.9 Å². The van der Waals surface area contributed by atoms with Crippen LogP contribution in [-0.4, -0.2) is 32.4 Å². The highest BCUT2D eigenvalue weighted by Gasteiger charge is 2.24. The fourth-order valence-corrected chi connectivity index (χ4v) is 3.41. The molecule has 0 unspecified atom stereocenters. The summed E-state index contributed by atoms with van der Waals surface area (Å²) in [5.74, 6) is -0.376. The highest BCUT2D eigenvalue weighted by atomic mass is 31.2. The molecule has 0 spiro atoms. The molecule has 0 atom stereocenters. The highest BCUT2D eigenvalue weighted by Crippen LogP contribution is 2.48. The molecular weight excluding hydrogens is 402 g/mol. The Morgan fingerprint density at radius 1 is 1.31 bits per heavy atom. The van der Waals surface area contributed by atoms with Crippen LogP contribution in [-0.2, 0) is 24.9 Å². The first-order valence-electron chi connectivity index (χ1n) is 9.00. The largest absolute Gasteiger partial charge is 0.491 e. The minimum Gasteiger partial charge on any atom is -0.491 e. The fourth-order valence-electron chi connectivity index (χ4n) is 2.78. The maximum atomic E-state index is 14.7. The number of nitrogens with one attached hydrogen (secondary N) is 1. The number of phosphoric ester groups is 1. The summed E-state index contributed by atoms with van der Waals surface area (Å²) < 4.78 is 49.1. The molecule has 2 rings (SSSR count). The lowest BCUT2D eigenvalue weighted by atomic mass is 10.1. The van der Waals surface area contributed by atoms with E-state index in [4.69, 9.17) is 18.3 Å². The summed E-state index contributed by atoms with van der Waals surface area (Å²) >= 11 is 0. The van der Waals surface area contributed by atoms with E-state index in [0.717, 1.165) is 6.42 Å². The van der Waals surface area contributed by atoms with E-state index >= 15 is 0 Å². The highest BCUT2D eigenvalue weighted by molar-refractivity contribution is 7.48. The van der Waals surface area contributed by atoms with Crippen molar-refractivity contribution >= 4 is 24.3 Å². The molecule has 0 saturated carbocycles. The van der Waals surface area contributed by atoms with E-state index in [-0.39, 0.29) is 23.2 Å². The summed E-state index contributed by atoms with van der Waals surface area (Å²) in [5.41, 5.74) is 0.560. The number of rotatable bonds is 10. The van der Waals surface area contributed by atoms with Gasteiger partial charge in [0.05, 0.1) is 17.5 Å². The van der Waals surface area contributed by atoms with Crippen molar-refractivity contribution < 1.29 is 27.3 Å². The first-order valence-corrected chi connectivity index (χ1v) is 10.5. The fraction of sp³-hybridized carbons (Fsp3) is 0.421. The van der Waals surface area contributed by atoms with Crippen LogP contribution >= 0.6 is 7.82 Å². The zero-order chi connectivity index (χ0) is 21.6. The molecule has 29 heavy (non-hydrogen) atoms. The van der Waals surface area contributed by atoms with E-state index < -0.39 is 19.1 Å². The Balaban J connectivity index is 2.77. The maximum absolute atomic E-state index is 14.7. The summed E-state index contributed by atoms with van der Waals surface area (Å²) in [7, 11) is 0.273. The minimum atomic E-state index is -3.80. The number of halogens is 1. The van der Waals surface area contributed by atoms with Gasteiger partial charge in [-0.1, -0.05) is 6.92 Å². The predicted molar refractivity (Wildman–Crippen MR) is 109 cm³/mol. The second-order valence-corrected chi connectivity index (χ2v) is 8.03. The van der Waals surface area contributed by atoms with Crippen molar-refractivity contribution in [3.63, 3.8) is 0 Å². The van der Waals surface area contributed by atoms with Gasteiger partial charge in [-0.2, -0.15) is 0 Å². The van der Waals surface area contributed by atoms with Crippen LogP contribution in [0.5, 0.6) is 5.75 Å². The van der Waals surface area contributed by atoms with E-state index in [1.165, 1.54) is 37.1 Å². The molecule has 0 aliphatic carbocycles. The zero-order valence-corrected chi connectivity index (χ0v) is 18.0. The van der Waals surface area contributed by atoms with E-state index in [1.54, 1.807) is 20.2 Å². The van der Waals surface area contributed by atoms with Gasteiger partial charge in [-0.25, -0.2) is 8.96 Å². The van der Waals surface area contributed by atoms with Crippen LogP contribution in [0.4, 0.5) is 4.39 Å². The number of pyridine rings is 1. The lowest BCUT2D eigenvalue weighted by Gasteiger charge is -2.19. The Kier molecular flexibility index (Phi) is 7.98. The van der Waals surface area contributed by atoms with Gasteiger partial charge >= 0.3 is 7.82 Å². The number of fused-ring (bicyclic) bond motifs is 1. The van der Waals surface area contributed by atoms with Crippen molar-refractivity contribution in [3.05, 3.63) is 46.1 Å².